The molecule has 9 heteroatoms. The minimum Gasteiger partial charge on any atom is -0.744 e. The van der Waals surface area contributed by atoms with Gasteiger partial charge in [0.05, 0.1) is 32.1 Å². The second kappa shape index (κ2) is 17.3. The zero-order valence-corrected chi connectivity index (χ0v) is 25.4. The number of benzene rings is 2. The van der Waals surface area contributed by atoms with Crippen LogP contribution in [0.15, 0.2) is 59.5 Å². The topological polar surface area (TPSA) is 105 Å². The number of likely N-dealkylation sites (N-methyl/N-ethyl adjacent to an activating group) is 1. The Morgan fingerprint density at radius 2 is 1.59 bits per heavy atom. The van der Waals surface area contributed by atoms with Crippen LogP contribution in [0.4, 0.5) is 4.79 Å². The summed E-state index contributed by atoms with van der Waals surface area (Å²) in [5.41, 5.74) is 1.60. The van der Waals surface area contributed by atoms with Crippen LogP contribution in [-0.4, -0.2) is 69.5 Å². The predicted octanol–water partition coefficient (Wildman–Crippen LogP) is 5.65. The van der Waals surface area contributed by atoms with Gasteiger partial charge in [0.15, 0.2) is 0 Å². The fraction of sp³-hybridized carbons (Fsp3) is 0.567. The fourth-order valence-corrected chi connectivity index (χ4v) is 4.01. The second-order valence-corrected chi connectivity index (χ2v) is 12.5. The lowest BCUT2D eigenvalue weighted by Gasteiger charge is -2.34. The van der Waals surface area contributed by atoms with Gasteiger partial charge in [-0.1, -0.05) is 74.2 Å². The van der Waals surface area contributed by atoms with Crippen molar-refractivity contribution in [3.05, 3.63) is 65.7 Å². The summed E-state index contributed by atoms with van der Waals surface area (Å²) < 4.78 is 43.2. The van der Waals surface area contributed by atoms with Crippen LogP contribution in [0.1, 0.15) is 64.0 Å². The van der Waals surface area contributed by atoms with Gasteiger partial charge in [0.25, 0.3) is 0 Å². The number of ether oxygens (including phenoxy) is 2. The maximum Gasteiger partial charge on any atom is 0.407 e. The summed E-state index contributed by atoms with van der Waals surface area (Å²) >= 11 is 0. The van der Waals surface area contributed by atoms with Crippen LogP contribution < -0.4 is 5.32 Å². The summed E-state index contributed by atoms with van der Waals surface area (Å²) in [5.74, 6) is 0. The maximum absolute atomic E-state index is 12.1. The van der Waals surface area contributed by atoms with E-state index in [1.807, 2.05) is 51.1 Å². The number of alkyl carbamates (subject to hydrolysis) is 1. The van der Waals surface area contributed by atoms with Crippen molar-refractivity contribution in [1.82, 2.24) is 5.32 Å². The number of amides is 1. The number of carbonyl (C=O) groups is 1. The monoisotopic (exact) mass is 564 g/mol. The molecule has 0 heterocycles. The number of unbranched alkanes of at least 4 members (excludes halogenated alkanes) is 3. The number of hydrogen-bond acceptors (Lipinski definition) is 6. The minimum absolute atomic E-state index is 0.178. The first kappa shape index (κ1) is 34.6. The van der Waals surface area contributed by atoms with E-state index in [4.69, 9.17) is 9.47 Å². The molecule has 2 rings (SSSR count). The van der Waals surface area contributed by atoms with Gasteiger partial charge in [-0.25, -0.2) is 13.2 Å². The van der Waals surface area contributed by atoms with Gasteiger partial charge in [-0.05, 0) is 44.9 Å². The number of aryl methyl sites for hydroxylation is 1. The van der Waals surface area contributed by atoms with Crippen molar-refractivity contribution in [2.24, 2.45) is 0 Å². The average Bonchev–Trinajstić information content (AvgIpc) is 2.86. The zero-order chi connectivity index (χ0) is 29.4. The van der Waals surface area contributed by atoms with Gasteiger partial charge in [-0.3, -0.25) is 0 Å². The van der Waals surface area contributed by atoms with E-state index in [-0.39, 0.29) is 16.5 Å². The number of nitrogens with zero attached hydrogens (tertiary/aromatic N) is 1. The quantitative estimate of drug-likeness (QED) is 0.170. The minimum atomic E-state index is -4.27. The molecule has 0 aliphatic carbocycles. The number of hydrogen-bond donors (Lipinski definition) is 1. The number of carbonyl (C=O) groups excluding carboxylic acids is 1. The molecule has 0 saturated carbocycles. The third kappa shape index (κ3) is 17.0. The van der Waals surface area contributed by atoms with E-state index < -0.39 is 10.1 Å². The fourth-order valence-electron chi connectivity index (χ4n) is 3.54. The second-order valence-electron chi connectivity index (χ2n) is 11.1. The van der Waals surface area contributed by atoms with E-state index in [1.54, 1.807) is 12.1 Å². The van der Waals surface area contributed by atoms with Crippen LogP contribution in [0.3, 0.4) is 0 Å². The number of nitrogens with one attached hydrogen (secondary N) is 1. The van der Waals surface area contributed by atoms with Crippen molar-refractivity contribution in [2.45, 2.75) is 76.8 Å². The third-order valence-corrected chi connectivity index (χ3v) is 7.14. The van der Waals surface area contributed by atoms with Crippen LogP contribution in [0, 0.1) is 6.92 Å². The molecule has 220 valence electrons. The standard InChI is InChI=1S/C23H40N2O3.C7H8O3S/c1-6-7-8-12-18-27-19-17-25(4,5)16-15-23(2,3)24-22(26)28-20-21-13-10-9-11-14-21;1-6-2-4-7(5-3-6)11(8,9)10/h9-11,13-14H,6-8,12,15-20H2,1-5H3;2-5H,1H3,(H,8,9,10). The molecule has 1 amide bonds. The number of rotatable bonds is 15. The largest absolute Gasteiger partial charge is 0.744 e. The molecular weight excluding hydrogens is 516 g/mol. The van der Waals surface area contributed by atoms with E-state index in [0.29, 0.717) is 6.61 Å². The Morgan fingerprint density at radius 3 is 2.18 bits per heavy atom. The third-order valence-electron chi connectivity index (χ3n) is 6.29. The Hall–Kier alpha value is -2.46. The van der Waals surface area contributed by atoms with E-state index in [2.05, 4.69) is 26.3 Å². The Bertz CT molecular complexity index is 1050. The van der Waals surface area contributed by atoms with Gasteiger partial charge in [-0.15, -0.1) is 0 Å². The maximum atomic E-state index is 12.1. The highest BCUT2D eigenvalue weighted by atomic mass is 32.2. The lowest BCUT2D eigenvalue weighted by molar-refractivity contribution is -0.891. The Balaban J connectivity index is 0.000000573. The molecule has 0 saturated heterocycles. The van der Waals surface area contributed by atoms with Crippen LogP contribution in [0.2, 0.25) is 0 Å². The van der Waals surface area contributed by atoms with Crippen LogP contribution >= 0.6 is 0 Å². The highest BCUT2D eigenvalue weighted by Crippen LogP contribution is 2.13. The van der Waals surface area contributed by atoms with Crippen molar-refractivity contribution in [3.8, 4) is 0 Å². The van der Waals surface area contributed by atoms with Gasteiger partial charge in [-0.2, -0.15) is 0 Å². The highest BCUT2D eigenvalue weighted by molar-refractivity contribution is 7.85. The van der Waals surface area contributed by atoms with Gasteiger partial charge < -0.3 is 23.8 Å². The smallest absolute Gasteiger partial charge is 0.407 e. The molecule has 0 aromatic heterocycles. The van der Waals surface area contributed by atoms with Gasteiger partial charge in [0.2, 0.25) is 0 Å². The van der Waals surface area contributed by atoms with Crippen LogP contribution in [0.5, 0.6) is 0 Å². The van der Waals surface area contributed by atoms with E-state index in [1.165, 1.54) is 31.4 Å². The van der Waals surface area contributed by atoms with Crippen molar-refractivity contribution in [1.29, 1.82) is 0 Å². The Labute approximate surface area is 236 Å². The summed E-state index contributed by atoms with van der Waals surface area (Å²) in [6, 6.07) is 15.5. The predicted molar refractivity (Wildman–Crippen MR) is 154 cm³/mol. The van der Waals surface area contributed by atoms with E-state index in [9.17, 15) is 17.8 Å². The molecule has 0 bridgehead atoms. The zero-order valence-electron chi connectivity index (χ0n) is 24.6. The molecule has 0 fully saturated rings. The summed E-state index contributed by atoms with van der Waals surface area (Å²) in [5, 5.41) is 2.99. The summed E-state index contributed by atoms with van der Waals surface area (Å²) in [4.78, 5) is 11.9. The normalized spacial score (nSPS) is 11.9. The van der Waals surface area contributed by atoms with Crippen molar-refractivity contribution < 1.29 is 31.7 Å². The van der Waals surface area contributed by atoms with Crippen molar-refractivity contribution in [3.63, 3.8) is 0 Å². The Morgan fingerprint density at radius 1 is 0.949 bits per heavy atom. The summed E-state index contributed by atoms with van der Waals surface area (Å²) in [6.07, 6.45) is 5.47. The highest BCUT2D eigenvalue weighted by Gasteiger charge is 2.26. The molecule has 2 aromatic carbocycles. The molecule has 0 aliphatic heterocycles. The molecule has 0 unspecified atom stereocenters. The first-order valence-electron chi connectivity index (χ1n) is 13.7. The number of quaternary nitrogens is 1. The average molecular weight is 565 g/mol. The molecule has 0 aliphatic rings. The molecule has 8 nitrogen and oxygen atoms in total. The molecule has 1 N–H and O–H groups in total. The van der Waals surface area contributed by atoms with Crippen LogP contribution in [-0.2, 0) is 26.2 Å². The summed E-state index contributed by atoms with van der Waals surface area (Å²) in [6.45, 7) is 12.0. The van der Waals surface area contributed by atoms with E-state index >= 15 is 0 Å². The molecule has 0 atom stereocenters. The lowest BCUT2D eigenvalue weighted by Crippen LogP contribution is -2.50. The lowest BCUT2D eigenvalue weighted by atomic mass is 10.0. The van der Waals surface area contributed by atoms with Gasteiger partial charge in [0.1, 0.15) is 23.3 Å². The molecule has 0 radical (unpaired) electrons. The molecule has 39 heavy (non-hydrogen) atoms. The molecular formula is C30H48N2O6S. The molecule has 0 spiro atoms. The van der Waals surface area contributed by atoms with Gasteiger partial charge >= 0.3 is 6.09 Å². The molecule has 2 aromatic rings. The van der Waals surface area contributed by atoms with E-state index in [0.717, 1.165) is 54.8 Å². The summed E-state index contributed by atoms with van der Waals surface area (Å²) in [7, 11) is 0.156. The van der Waals surface area contributed by atoms with Crippen molar-refractivity contribution >= 4 is 16.2 Å². The first-order valence-corrected chi connectivity index (χ1v) is 15.1. The van der Waals surface area contributed by atoms with Gasteiger partial charge in [0, 0.05) is 18.6 Å². The first-order chi connectivity index (χ1) is 18.2. The SMILES string of the molecule is CCCCCCOCC[N+](C)(C)CCC(C)(C)NC(=O)OCc1ccccc1.Cc1ccc(S(=O)(=O)[O-])cc1. The van der Waals surface area contributed by atoms with Crippen LogP contribution in [0.25, 0.3) is 0 Å². The van der Waals surface area contributed by atoms with Crippen molar-refractivity contribution in [2.75, 3.05) is 40.4 Å². The Kier molecular flexibility index (Phi) is 15.3.